The summed E-state index contributed by atoms with van der Waals surface area (Å²) in [6.07, 6.45) is 9.36. The molecule has 2 heteroatoms. The summed E-state index contributed by atoms with van der Waals surface area (Å²) in [5.74, 6) is 0. The largest absolute Gasteiger partial charge is 0.287 e. The number of hydrogen-bond acceptors (Lipinski definition) is 1. The predicted molar refractivity (Wildman–Crippen MR) is 56.5 cm³/mol. The van der Waals surface area contributed by atoms with Crippen LogP contribution in [0.5, 0.6) is 0 Å². The molecule has 0 saturated heterocycles. The Kier molecular flexibility index (Phi) is 5.40. The Hall–Kier alpha value is -0.0800. The van der Waals surface area contributed by atoms with Gasteiger partial charge in [-0.25, -0.2) is 5.73 Å². The van der Waals surface area contributed by atoms with Crippen LogP contribution in [0.15, 0.2) is 0 Å². The lowest BCUT2D eigenvalue weighted by atomic mass is 9.94. The maximum Gasteiger partial charge on any atom is 0.0617 e. The molecule has 0 spiro atoms. The summed E-state index contributed by atoms with van der Waals surface area (Å²) < 4.78 is 0. The Balaban J connectivity index is 2.26. The number of nitrogens with zero attached hydrogens (tertiary/aromatic N) is 1. The first-order chi connectivity index (χ1) is 6.38. The van der Waals surface area contributed by atoms with E-state index in [1.165, 1.54) is 44.9 Å². The van der Waals surface area contributed by atoms with Crippen LogP contribution in [0, 0.1) is 0 Å². The third-order valence-electron chi connectivity index (χ3n) is 3.09. The van der Waals surface area contributed by atoms with E-state index >= 15 is 0 Å². The van der Waals surface area contributed by atoms with E-state index in [0.717, 1.165) is 12.6 Å². The fraction of sp³-hybridized carbons (Fsp3) is 1.00. The van der Waals surface area contributed by atoms with E-state index in [0.29, 0.717) is 6.67 Å². The summed E-state index contributed by atoms with van der Waals surface area (Å²) >= 11 is 0. The van der Waals surface area contributed by atoms with Gasteiger partial charge in [0.25, 0.3) is 0 Å². The third kappa shape index (κ3) is 3.65. The van der Waals surface area contributed by atoms with Gasteiger partial charge in [0.2, 0.25) is 0 Å². The first-order valence-corrected chi connectivity index (χ1v) is 5.77. The van der Waals surface area contributed by atoms with Crippen LogP contribution >= 0.6 is 0 Å². The Labute approximate surface area is 82.5 Å². The molecule has 0 aromatic carbocycles. The van der Waals surface area contributed by atoms with Crippen molar-refractivity contribution in [3.05, 3.63) is 0 Å². The molecule has 1 rings (SSSR count). The average molecular weight is 183 g/mol. The number of nitrogens with one attached hydrogen (secondary N) is 1. The van der Waals surface area contributed by atoms with Crippen molar-refractivity contribution in [1.29, 1.82) is 0 Å². The molecule has 13 heavy (non-hydrogen) atoms. The highest BCUT2D eigenvalue weighted by atomic mass is 15.2. The summed E-state index contributed by atoms with van der Waals surface area (Å²) in [5, 5.41) is 0. The molecule has 0 amide bonds. The van der Waals surface area contributed by atoms with Gasteiger partial charge in [-0.2, -0.15) is 0 Å². The Morgan fingerprint density at radius 2 is 1.92 bits per heavy atom. The van der Waals surface area contributed by atoms with Gasteiger partial charge in [0.05, 0.1) is 6.67 Å². The summed E-state index contributed by atoms with van der Waals surface area (Å²) in [5.41, 5.74) is 7.50. The van der Waals surface area contributed by atoms with Gasteiger partial charge in [-0.1, -0.05) is 32.6 Å². The van der Waals surface area contributed by atoms with Gasteiger partial charge < -0.3 is 0 Å². The maximum atomic E-state index is 7.50. The molecule has 1 saturated carbocycles. The highest BCUT2D eigenvalue weighted by Crippen LogP contribution is 2.22. The predicted octanol–water partition coefficient (Wildman–Crippen LogP) is 2.66. The SMILES string of the molecule is CCCCN(C[NH])C1CCCCC1. The molecule has 1 fully saturated rings. The minimum absolute atomic E-state index is 0.505. The van der Waals surface area contributed by atoms with Crippen LogP contribution < -0.4 is 5.73 Å². The van der Waals surface area contributed by atoms with Gasteiger partial charge in [-0.15, -0.1) is 0 Å². The quantitative estimate of drug-likeness (QED) is 0.643. The second kappa shape index (κ2) is 6.39. The smallest absolute Gasteiger partial charge is 0.0617 e. The standard InChI is InChI=1S/C11H23N2/c1-2-3-9-13(10-12)11-7-5-4-6-8-11/h11-12H,2-10H2,1H3. The highest BCUT2D eigenvalue weighted by Gasteiger charge is 2.19. The summed E-state index contributed by atoms with van der Waals surface area (Å²) in [6.45, 7) is 3.87. The summed E-state index contributed by atoms with van der Waals surface area (Å²) in [7, 11) is 0. The summed E-state index contributed by atoms with van der Waals surface area (Å²) in [4.78, 5) is 2.36. The Morgan fingerprint density at radius 1 is 1.23 bits per heavy atom. The van der Waals surface area contributed by atoms with Gasteiger partial charge >= 0.3 is 0 Å². The third-order valence-corrected chi connectivity index (χ3v) is 3.09. The normalized spacial score (nSPS) is 19.6. The van der Waals surface area contributed by atoms with E-state index in [2.05, 4.69) is 11.8 Å². The van der Waals surface area contributed by atoms with Gasteiger partial charge in [-0.05, 0) is 25.8 Å². The van der Waals surface area contributed by atoms with E-state index in [4.69, 9.17) is 5.73 Å². The van der Waals surface area contributed by atoms with Gasteiger partial charge in [0.15, 0.2) is 0 Å². The molecule has 1 aliphatic rings. The summed E-state index contributed by atoms with van der Waals surface area (Å²) in [6, 6.07) is 0.734. The first kappa shape index (κ1) is 11.0. The zero-order chi connectivity index (χ0) is 9.52. The fourth-order valence-electron chi connectivity index (χ4n) is 2.20. The van der Waals surface area contributed by atoms with Crippen LogP contribution in [0.1, 0.15) is 51.9 Å². The second-order valence-corrected chi connectivity index (χ2v) is 4.12. The fourth-order valence-corrected chi connectivity index (χ4v) is 2.20. The molecule has 0 aromatic rings. The number of unbranched alkanes of at least 4 members (excludes halogenated alkanes) is 1. The van der Waals surface area contributed by atoms with Crippen molar-refractivity contribution in [2.45, 2.75) is 57.9 Å². The first-order valence-electron chi connectivity index (χ1n) is 5.77. The molecule has 2 nitrogen and oxygen atoms in total. The zero-order valence-electron chi connectivity index (χ0n) is 8.89. The van der Waals surface area contributed by atoms with Crippen molar-refractivity contribution < 1.29 is 0 Å². The van der Waals surface area contributed by atoms with Gasteiger partial charge in [0, 0.05) is 6.04 Å². The van der Waals surface area contributed by atoms with Crippen LogP contribution in [0.25, 0.3) is 0 Å². The van der Waals surface area contributed by atoms with E-state index in [9.17, 15) is 0 Å². The molecule has 1 aliphatic carbocycles. The molecular formula is C11H23N2. The molecule has 77 valence electrons. The molecule has 0 unspecified atom stereocenters. The van der Waals surface area contributed by atoms with Gasteiger partial charge in [0.1, 0.15) is 0 Å². The molecule has 0 aromatic heterocycles. The van der Waals surface area contributed by atoms with Crippen LogP contribution in [-0.2, 0) is 0 Å². The lowest BCUT2D eigenvalue weighted by molar-refractivity contribution is 0.155. The van der Waals surface area contributed by atoms with Crippen LogP contribution in [0.4, 0.5) is 0 Å². The maximum absolute atomic E-state index is 7.50. The van der Waals surface area contributed by atoms with E-state index in [-0.39, 0.29) is 0 Å². The molecular weight excluding hydrogens is 160 g/mol. The van der Waals surface area contributed by atoms with Crippen molar-refractivity contribution >= 4 is 0 Å². The minimum atomic E-state index is 0.505. The topological polar surface area (TPSA) is 27.0 Å². The lowest BCUT2D eigenvalue weighted by Crippen LogP contribution is -2.38. The second-order valence-electron chi connectivity index (χ2n) is 4.12. The van der Waals surface area contributed by atoms with E-state index < -0.39 is 0 Å². The highest BCUT2D eigenvalue weighted by molar-refractivity contribution is 4.74. The van der Waals surface area contributed by atoms with Crippen molar-refractivity contribution in [2.75, 3.05) is 13.2 Å². The van der Waals surface area contributed by atoms with E-state index in [1.807, 2.05) is 0 Å². The van der Waals surface area contributed by atoms with Crippen LogP contribution in [0.2, 0.25) is 0 Å². The Bertz CT molecular complexity index is 119. The molecule has 0 atom stereocenters. The monoisotopic (exact) mass is 183 g/mol. The molecule has 0 heterocycles. The van der Waals surface area contributed by atoms with Crippen molar-refractivity contribution in [3.63, 3.8) is 0 Å². The van der Waals surface area contributed by atoms with Crippen molar-refractivity contribution in [2.24, 2.45) is 0 Å². The van der Waals surface area contributed by atoms with Gasteiger partial charge in [-0.3, -0.25) is 4.90 Å². The molecule has 0 aliphatic heterocycles. The van der Waals surface area contributed by atoms with E-state index in [1.54, 1.807) is 0 Å². The molecule has 1 N–H and O–H groups in total. The van der Waals surface area contributed by atoms with Crippen molar-refractivity contribution in [1.82, 2.24) is 10.6 Å². The molecule has 1 radical (unpaired) electrons. The number of rotatable bonds is 5. The average Bonchev–Trinajstić information content (AvgIpc) is 2.21. The minimum Gasteiger partial charge on any atom is -0.287 e. The molecule has 0 bridgehead atoms. The van der Waals surface area contributed by atoms with Crippen LogP contribution in [0.3, 0.4) is 0 Å². The Morgan fingerprint density at radius 3 is 2.46 bits per heavy atom. The number of hydrogen-bond donors (Lipinski definition) is 0. The zero-order valence-corrected chi connectivity index (χ0v) is 8.89. The van der Waals surface area contributed by atoms with Crippen molar-refractivity contribution in [3.8, 4) is 0 Å². The van der Waals surface area contributed by atoms with Crippen LogP contribution in [-0.4, -0.2) is 24.2 Å². The lowest BCUT2D eigenvalue weighted by Gasteiger charge is -2.32.